The molecule has 3 N–H and O–H groups in total. The first kappa shape index (κ1) is 14.1. The molecule has 0 radical (unpaired) electrons. The molecule has 20 heavy (non-hydrogen) atoms. The van der Waals surface area contributed by atoms with Crippen LogP contribution in [0.3, 0.4) is 0 Å². The van der Waals surface area contributed by atoms with Crippen LogP contribution >= 0.6 is 11.6 Å². The number of esters is 1. The minimum absolute atomic E-state index is 0.242. The zero-order valence-corrected chi connectivity index (χ0v) is 11.6. The van der Waals surface area contributed by atoms with Gasteiger partial charge in [0.05, 0.1) is 17.9 Å². The van der Waals surface area contributed by atoms with Gasteiger partial charge in [0.25, 0.3) is 0 Å². The number of nitrogens with zero attached hydrogens (tertiary/aromatic N) is 1. The van der Waals surface area contributed by atoms with Crippen molar-refractivity contribution in [1.29, 1.82) is 0 Å². The number of carbonyl (C=O) groups is 1. The van der Waals surface area contributed by atoms with Crippen molar-refractivity contribution in [1.82, 2.24) is 4.98 Å². The second kappa shape index (κ2) is 6.25. The maximum Gasteiger partial charge on any atom is 0.340 e. The highest BCUT2D eigenvalue weighted by molar-refractivity contribution is 6.30. The number of benzene rings is 1. The number of hydrogen-bond donors (Lipinski definition) is 2. The highest BCUT2D eigenvalue weighted by atomic mass is 35.5. The van der Waals surface area contributed by atoms with Gasteiger partial charge < -0.3 is 15.8 Å². The molecular weight excluding hydrogens is 278 g/mol. The molecule has 0 bridgehead atoms. The number of aromatic nitrogens is 1. The minimum Gasteiger partial charge on any atom is -0.462 e. The predicted molar refractivity (Wildman–Crippen MR) is 79.3 cm³/mol. The summed E-state index contributed by atoms with van der Waals surface area (Å²) >= 11 is 5.91. The van der Waals surface area contributed by atoms with Gasteiger partial charge in [0.2, 0.25) is 0 Å². The molecule has 2 aromatic rings. The lowest BCUT2D eigenvalue weighted by Crippen LogP contribution is -2.10. The number of hydrogen-bond acceptors (Lipinski definition) is 5. The van der Waals surface area contributed by atoms with Crippen LogP contribution in [-0.4, -0.2) is 17.6 Å². The Labute approximate surface area is 121 Å². The van der Waals surface area contributed by atoms with Gasteiger partial charge in [-0.2, -0.15) is 0 Å². The molecule has 0 aliphatic carbocycles. The number of pyridine rings is 1. The first-order valence-corrected chi connectivity index (χ1v) is 6.43. The molecule has 0 unspecified atom stereocenters. The number of halogens is 1. The Bertz CT molecular complexity index is 632. The van der Waals surface area contributed by atoms with Crippen LogP contribution in [0.2, 0.25) is 5.02 Å². The molecule has 0 amide bonds. The van der Waals surface area contributed by atoms with Gasteiger partial charge in [0, 0.05) is 16.9 Å². The van der Waals surface area contributed by atoms with Gasteiger partial charge in [-0.1, -0.05) is 17.7 Å². The number of ether oxygens (including phenoxy) is 1. The van der Waals surface area contributed by atoms with E-state index in [1.807, 2.05) is 6.07 Å². The highest BCUT2D eigenvalue weighted by Crippen LogP contribution is 2.25. The van der Waals surface area contributed by atoms with Crippen molar-refractivity contribution < 1.29 is 9.53 Å². The van der Waals surface area contributed by atoms with Crippen LogP contribution in [0.1, 0.15) is 17.3 Å². The molecule has 104 valence electrons. The van der Waals surface area contributed by atoms with Crippen molar-refractivity contribution in [2.75, 3.05) is 17.7 Å². The number of anilines is 3. The summed E-state index contributed by atoms with van der Waals surface area (Å²) in [6.45, 7) is 2.03. The summed E-state index contributed by atoms with van der Waals surface area (Å²) in [5, 5.41) is 3.61. The molecule has 1 aromatic heterocycles. The van der Waals surface area contributed by atoms with E-state index in [-0.39, 0.29) is 17.9 Å². The third-order valence-electron chi connectivity index (χ3n) is 2.57. The molecule has 0 fully saturated rings. The van der Waals surface area contributed by atoms with Gasteiger partial charge in [-0.05, 0) is 31.2 Å². The van der Waals surface area contributed by atoms with Crippen molar-refractivity contribution >= 4 is 34.8 Å². The zero-order valence-electron chi connectivity index (χ0n) is 10.9. The van der Waals surface area contributed by atoms with Gasteiger partial charge in [0.1, 0.15) is 0 Å². The fourth-order valence-electron chi connectivity index (χ4n) is 1.66. The Morgan fingerprint density at radius 1 is 1.45 bits per heavy atom. The second-order valence-corrected chi connectivity index (χ2v) is 4.41. The van der Waals surface area contributed by atoms with Crippen molar-refractivity contribution in [3.05, 3.63) is 47.1 Å². The van der Waals surface area contributed by atoms with E-state index in [1.165, 1.54) is 12.3 Å². The molecule has 0 saturated heterocycles. The molecule has 1 aromatic carbocycles. The van der Waals surface area contributed by atoms with Crippen molar-refractivity contribution in [2.24, 2.45) is 0 Å². The number of nitrogen functional groups attached to an aromatic ring is 1. The monoisotopic (exact) mass is 291 g/mol. The lowest BCUT2D eigenvalue weighted by atomic mass is 10.2. The second-order valence-electron chi connectivity index (χ2n) is 3.98. The van der Waals surface area contributed by atoms with Crippen LogP contribution in [0.15, 0.2) is 36.5 Å². The van der Waals surface area contributed by atoms with Crippen LogP contribution in [0, 0.1) is 0 Å². The van der Waals surface area contributed by atoms with E-state index in [9.17, 15) is 4.79 Å². The highest BCUT2D eigenvalue weighted by Gasteiger charge is 2.14. The van der Waals surface area contributed by atoms with E-state index in [1.54, 1.807) is 25.1 Å². The van der Waals surface area contributed by atoms with Crippen LogP contribution in [-0.2, 0) is 4.74 Å². The smallest absolute Gasteiger partial charge is 0.340 e. The summed E-state index contributed by atoms with van der Waals surface area (Å²) in [6.07, 6.45) is 1.50. The third-order valence-corrected chi connectivity index (χ3v) is 2.81. The molecular formula is C14H14ClN3O2. The van der Waals surface area contributed by atoms with Crippen LogP contribution in [0.5, 0.6) is 0 Å². The quantitative estimate of drug-likeness (QED) is 0.846. The summed E-state index contributed by atoms with van der Waals surface area (Å²) in [5.74, 6) is -0.0839. The zero-order chi connectivity index (χ0) is 14.5. The van der Waals surface area contributed by atoms with Gasteiger partial charge in [-0.25, -0.2) is 9.78 Å². The van der Waals surface area contributed by atoms with E-state index in [2.05, 4.69) is 10.3 Å². The topological polar surface area (TPSA) is 77.2 Å². The standard InChI is InChI=1S/C14H14ClN3O2/c1-2-20-14(19)11-6-7-17-13(12(11)16)18-10-5-3-4-9(15)8-10/h3-8H,2,16H2,1H3,(H,17,18). The van der Waals surface area contributed by atoms with Crippen molar-refractivity contribution in [3.63, 3.8) is 0 Å². The molecule has 1 heterocycles. The largest absolute Gasteiger partial charge is 0.462 e. The van der Waals surface area contributed by atoms with Crippen LogP contribution in [0.4, 0.5) is 17.2 Å². The molecule has 0 saturated carbocycles. The predicted octanol–water partition coefficient (Wildman–Crippen LogP) is 3.24. The SMILES string of the molecule is CCOC(=O)c1ccnc(Nc2cccc(Cl)c2)c1N. The number of rotatable bonds is 4. The molecule has 0 atom stereocenters. The molecule has 5 nitrogen and oxygen atoms in total. The average Bonchev–Trinajstić information content (AvgIpc) is 2.41. The molecule has 2 rings (SSSR count). The summed E-state index contributed by atoms with van der Waals surface area (Å²) in [4.78, 5) is 15.9. The average molecular weight is 292 g/mol. The molecule has 0 aliphatic heterocycles. The number of nitrogens with two attached hydrogens (primary N) is 1. The summed E-state index contributed by atoms with van der Waals surface area (Å²) in [6, 6.07) is 8.65. The van der Waals surface area contributed by atoms with E-state index >= 15 is 0 Å². The Kier molecular flexibility index (Phi) is 4.42. The van der Waals surface area contributed by atoms with Gasteiger partial charge in [-0.15, -0.1) is 0 Å². The van der Waals surface area contributed by atoms with Crippen LogP contribution in [0.25, 0.3) is 0 Å². The van der Waals surface area contributed by atoms with Crippen molar-refractivity contribution in [2.45, 2.75) is 6.92 Å². The van der Waals surface area contributed by atoms with E-state index in [0.717, 1.165) is 5.69 Å². The fourth-order valence-corrected chi connectivity index (χ4v) is 1.85. The van der Waals surface area contributed by atoms with E-state index in [0.29, 0.717) is 10.8 Å². The van der Waals surface area contributed by atoms with Crippen LogP contribution < -0.4 is 11.1 Å². The van der Waals surface area contributed by atoms with E-state index < -0.39 is 5.97 Å². The maximum atomic E-state index is 11.7. The number of carbonyl (C=O) groups excluding carboxylic acids is 1. The summed E-state index contributed by atoms with van der Waals surface area (Å²) in [7, 11) is 0. The fraction of sp³-hybridized carbons (Fsp3) is 0.143. The van der Waals surface area contributed by atoms with Crippen molar-refractivity contribution in [3.8, 4) is 0 Å². The van der Waals surface area contributed by atoms with Gasteiger partial charge in [0.15, 0.2) is 5.82 Å². The maximum absolute atomic E-state index is 11.7. The Balaban J connectivity index is 2.29. The van der Waals surface area contributed by atoms with E-state index in [4.69, 9.17) is 22.1 Å². The Morgan fingerprint density at radius 2 is 2.25 bits per heavy atom. The normalized spacial score (nSPS) is 10.1. The molecule has 6 heteroatoms. The summed E-state index contributed by atoms with van der Waals surface area (Å²) < 4.78 is 4.94. The first-order valence-electron chi connectivity index (χ1n) is 6.06. The lowest BCUT2D eigenvalue weighted by molar-refractivity contribution is 0.0527. The van der Waals surface area contributed by atoms with Gasteiger partial charge >= 0.3 is 5.97 Å². The van der Waals surface area contributed by atoms with Gasteiger partial charge in [-0.3, -0.25) is 0 Å². The number of nitrogens with one attached hydrogen (secondary N) is 1. The molecule has 0 spiro atoms. The summed E-state index contributed by atoms with van der Waals surface area (Å²) in [5.41, 5.74) is 7.20. The minimum atomic E-state index is -0.471. The Morgan fingerprint density at radius 3 is 2.95 bits per heavy atom. The first-order chi connectivity index (χ1) is 9.61. The Hall–Kier alpha value is -2.27. The lowest BCUT2D eigenvalue weighted by Gasteiger charge is -2.11. The third kappa shape index (κ3) is 3.19. The molecule has 0 aliphatic rings.